The first-order chi connectivity index (χ1) is 11.5. The molecule has 0 bridgehead atoms. The Hall–Kier alpha value is -3.15. The number of esters is 1. The van der Waals surface area contributed by atoms with Crippen LogP contribution in [-0.4, -0.2) is 31.4 Å². The van der Waals surface area contributed by atoms with E-state index in [-0.39, 0.29) is 18.3 Å². The first kappa shape index (κ1) is 17.2. The number of hydrogen-bond donors (Lipinski definition) is 1. The van der Waals surface area contributed by atoms with Gasteiger partial charge in [-0.2, -0.15) is 0 Å². The van der Waals surface area contributed by atoms with Gasteiger partial charge in [0, 0.05) is 11.3 Å². The highest BCUT2D eigenvalue weighted by molar-refractivity contribution is 5.97. The van der Waals surface area contributed by atoms with Gasteiger partial charge in [-0.05, 0) is 37.3 Å². The minimum absolute atomic E-state index is 0.0815. The second-order valence-electron chi connectivity index (χ2n) is 4.99. The van der Waals surface area contributed by atoms with Gasteiger partial charge in [0.05, 0.1) is 12.7 Å². The third kappa shape index (κ3) is 4.67. The van der Waals surface area contributed by atoms with Crippen molar-refractivity contribution in [2.75, 3.05) is 19.0 Å². The van der Waals surface area contributed by atoms with Crippen molar-refractivity contribution in [3.63, 3.8) is 0 Å². The molecule has 0 heterocycles. The van der Waals surface area contributed by atoms with Gasteiger partial charge in [0.15, 0.2) is 12.4 Å². The van der Waals surface area contributed by atoms with Crippen LogP contribution in [0.1, 0.15) is 27.6 Å². The molecule has 6 nitrogen and oxygen atoms in total. The largest absolute Gasteiger partial charge is 0.484 e. The van der Waals surface area contributed by atoms with E-state index >= 15 is 0 Å². The summed E-state index contributed by atoms with van der Waals surface area (Å²) in [5.41, 5.74) is 1.36. The number of anilines is 1. The lowest BCUT2D eigenvalue weighted by Crippen LogP contribution is -2.20. The summed E-state index contributed by atoms with van der Waals surface area (Å²) in [7, 11) is 1.29. The molecule has 2 aromatic rings. The topological polar surface area (TPSA) is 81.7 Å². The van der Waals surface area contributed by atoms with Crippen molar-refractivity contribution in [3.05, 3.63) is 59.7 Å². The van der Waals surface area contributed by atoms with Crippen LogP contribution in [-0.2, 0) is 9.53 Å². The summed E-state index contributed by atoms with van der Waals surface area (Å²) in [6, 6.07) is 13.0. The van der Waals surface area contributed by atoms with Gasteiger partial charge in [-0.1, -0.05) is 18.2 Å². The summed E-state index contributed by atoms with van der Waals surface area (Å²) in [6.07, 6.45) is 0. The Labute approximate surface area is 139 Å². The van der Waals surface area contributed by atoms with E-state index in [1.165, 1.54) is 20.1 Å². The highest BCUT2D eigenvalue weighted by Gasteiger charge is 2.09. The van der Waals surface area contributed by atoms with Crippen LogP contribution < -0.4 is 10.1 Å². The molecule has 0 aliphatic rings. The van der Waals surface area contributed by atoms with Crippen molar-refractivity contribution in [2.24, 2.45) is 0 Å². The maximum atomic E-state index is 11.9. The molecule has 0 atom stereocenters. The first-order valence-electron chi connectivity index (χ1n) is 7.21. The molecule has 0 aliphatic carbocycles. The van der Waals surface area contributed by atoms with Gasteiger partial charge < -0.3 is 14.8 Å². The Balaban J connectivity index is 1.95. The highest BCUT2D eigenvalue weighted by Crippen LogP contribution is 2.15. The number of amides is 1. The molecular weight excluding hydrogens is 310 g/mol. The van der Waals surface area contributed by atoms with E-state index in [4.69, 9.17) is 4.74 Å². The maximum absolute atomic E-state index is 11.9. The maximum Gasteiger partial charge on any atom is 0.337 e. The van der Waals surface area contributed by atoms with Crippen molar-refractivity contribution >= 4 is 23.3 Å². The number of carbonyl (C=O) groups excluding carboxylic acids is 3. The zero-order chi connectivity index (χ0) is 17.5. The lowest BCUT2D eigenvalue weighted by atomic mass is 10.1. The second kappa shape index (κ2) is 7.92. The molecule has 0 radical (unpaired) electrons. The summed E-state index contributed by atoms with van der Waals surface area (Å²) in [4.78, 5) is 34.7. The van der Waals surface area contributed by atoms with Gasteiger partial charge in [-0.25, -0.2) is 4.79 Å². The fourth-order valence-electron chi connectivity index (χ4n) is 1.99. The molecule has 0 aliphatic heterocycles. The Morgan fingerprint density at radius 3 is 2.42 bits per heavy atom. The molecule has 2 rings (SSSR count). The number of carbonyl (C=O) groups is 3. The van der Waals surface area contributed by atoms with Crippen molar-refractivity contribution in [1.82, 2.24) is 0 Å². The average molecular weight is 327 g/mol. The van der Waals surface area contributed by atoms with Crippen LogP contribution >= 0.6 is 0 Å². The molecular formula is C18H17NO5. The fourth-order valence-corrected chi connectivity index (χ4v) is 1.99. The van der Waals surface area contributed by atoms with E-state index in [0.717, 1.165) is 0 Å². The number of benzene rings is 2. The number of nitrogens with one attached hydrogen (secondary N) is 1. The molecule has 1 N–H and O–H groups in total. The quantitative estimate of drug-likeness (QED) is 0.651. The number of ketones is 1. The zero-order valence-electron chi connectivity index (χ0n) is 13.4. The number of Topliss-reactive ketones (excluding diaryl/α,β-unsaturated/α-hetero) is 1. The van der Waals surface area contributed by atoms with Gasteiger partial charge in [-0.15, -0.1) is 0 Å². The molecule has 124 valence electrons. The van der Waals surface area contributed by atoms with Crippen LogP contribution in [0.5, 0.6) is 5.75 Å². The molecule has 2 aromatic carbocycles. The standard InChI is InChI=1S/C18H17NO5/c1-12(20)13-5-3-7-15(9-13)19-17(21)11-24-16-8-4-6-14(10-16)18(22)23-2/h3-10H,11H2,1-2H3,(H,19,21). The fraction of sp³-hybridized carbons (Fsp3) is 0.167. The van der Waals surface area contributed by atoms with Gasteiger partial charge in [0.1, 0.15) is 5.75 Å². The van der Waals surface area contributed by atoms with Crippen LogP contribution in [0.2, 0.25) is 0 Å². The Morgan fingerprint density at radius 2 is 1.71 bits per heavy atom. The van der Waals surface area contributed by atoms with E-state index in [0.29, 0.717) is 22.6 Å². The van der Waals surface area contributed by atoms with E-state index < -0.39 is 5.97 Å². The summed E-state index contributed by atoms with van der Waals surface area (Å²) < 4.78 is 9.99. The van der Waals surface area contributed by atoms with Crippen LogP contribution in [0, 0.1) is 0 Å². The van der Waals surface area contributed by atoms with Crippen molar-refractivity contribution in [1.29, 1.82) is 0 Å². The zero-order valence-corrected chi connectivity index (χ0v) is 13.4. The monoisotopic (exact) mass is 327 g/mol. The third-order valence-electron chi connectivity index (χ3n) is 3.18. The van der Waals surface area contributed by atoms with E-state index in [1.807, 2.05) is 0 Å². The molecule has 24 heavy (non-hydrogen) atoms. The minimum atomic E-state index is -0.481. The third-order valence-corrected chi connectivity index (χ3v) is 3.18. The number of methoxy groups -OCH3 is 1. The smallest absolute Gasteiger partial charge is 0.337 e. The normalized spacial score (nSPS) is 9.92. The SMILES string of the molecule is COC(=O)c1cccc(OCC(=O)Nc2cccc(C(C)=O)c2)c1. The Kier molecular flexibility index (Phi) is 5.68. The lowest BCUT2D eigenvalue weighted by molar-refractivity contribution is -0.118. The Bertz CT molecular complexity index is 770. The van der Waals surface area contributed by atoms with E-state index in [9.17, 15) is 14.4 Å². The van der Waals surface area contributed by atoms with Crippen LogP contribution in [0.4, 0.5) is 5.69 Å². The molecule has 0 fully saturated rings. The van der Waals surface area contributed by atoms with Gasteiger partial charge in [0.25, 0.3) is 5.91 Å². The molecule has 6 heteroatoms. The van der Waals surface area contributed by atoms with Crippen LogP contribution in [0.25, 0.3) is 0 Å². The average Bonchev–Trinajstić information content (AvgIpc) is 2.59. The minimum Gasteiger partial charge on any atom is -0.484 e. The molecule has 0 spiro atoms. The van der Waals surface area contributed by atoms with Crippen LogP contribution in [0.3, 0.4) is 0 Å². The molecule has 0 saturated heterocycles. The predicted molar refractivity (Wildman–Crippen MR) is 88.4 cm³/mol. The number of hydrogen-bond acceptors (Lipinski definition) is 5. The van der Waals surface area contributed by atoms with Crippen molar-refractivity contribution in [2.45, 2.75) is 6.92 Å². The summed E-state index contributed by atoms with van der Waals surface area (Å²) in [5.74, 6) is -0.558. The summed E-state index contributed by atoms with van der Waals surface area (Å²) in [6.45, 7) is 1.23. The summed E-state index contributed by atoms with van der Waals surface area (Å²) in [5, 5.41) is 2.65. The Morgan fingerprint density at radius 1 is 1.00 bits per heavy atom. The second-order valence-corrected chi connectivity index (χ2v) is 4.99. The van der Waals surface area contributed by atoms with Gasteiger partial charge in [0.2, 0.25) is 0 Å². The molecule has 1 amide bonds. The molecule has 0 saturated carbocycles. The predicted octanol–water partition coefficient (Wildman–Crippen LogP) is 2.69. The number of rotatable bonds is 6. The summed E-state index contributed by atoms with van der Waals surface area (Å²) >= 11 is 0. The van der Waals surface area contributed by atoms with Crippen molar-refractivity contribution < 1.29 is 23.9 Å². The van der Waals surface area contributed by atoms with E-state index in [2.05, 4.69) is 10.1 Å². The molecule has 0 aromatic heterocycles. The van der Waals surface area contributed by atoms with Crippen molar-refractivity contribution in [3.8, 4) is 5.75 Å². The first-order valence-corrected chi connectivity index (χ1v) is 7.21. The lowest BCUT2D eigenvalue weighted by Gasteiger charge is -2.09. The van der Waals surface area contributed by atoms with Crippen LogP contribution in [0.15, 0.2) is 48.5 Å². The van der Waals surface area contributed by atoms with E-state index in [1.54, 1.807) is 42.5 Å². The highest BCUT2D eigenvalue weighted by atomic mass is 16.5. The molecule has 0 unspecified atom stereocenters. The van der Waals surface area contributed by atoms with Gasteiger partial charge >= 0.3 is 5.97 Å². The van der Waals surface area contributed by atoms with Gasteiger partial charge in [-0.3, -0.25) is 9.59 Å². The number of ether oxygens (including phenoxy) is 2.